The van der Waals surface area contributed by atoms with Gasteiger partial charge in [0.2, 0.25) is 5.75 Å². The van der Waals surface area contributed by atoms with E-state index in [1.54, 1.807) is 21.3 Å². The smallest absolute Gasteiger partial charge is 0.203 e. The molecule has 0 unspecified atom stereocenters. The first-order chi connectivity index (χ1) is 12.2. The van der Waals surface area contributed by atoms with E-state index in [1.165, 1.54) is 11.1 Å². The Balaban J connectivity index is 2.13. The third kappa shape index (κ3) is 5.13. The third-order valence-corrected chi connectivity index (χ3v) is 4.38. The van der Waals surface area contributed by atoms with Crippen molar-refractivity contribution < 1.29 is 19.3 Å². The first-order valence-corrected chi connectivity index (χ1v) is 8.70. The van der Waals surface area contributed by atoms with Crippen LogP contribution in [-0.4, -0.2) is 33.0 Å². The van der Waals surface area contributed by atoms with E-state index in [1.807, 2.05) is 12.1 Å². The molecule has 0 saturated heterocycles. The third-order valence-electron chi connectivity index (χ3n) is 4.38. The van der Waals surface area contributed by atoms with E-state index in [0.29, 0.717) is 17.2 Å². The van der Waals surface area contributed by atoms with E-state index in [4.69, 9.17) is 19.3 Å². The first-order valence-electron chi connectivity index (χ1n) is 8.70. The Bertz CT molecular complexity index is 642. The summed E-state index contributed by atoms with van der Waals surface area (Å²) in [5, 5.41) is 8.97. The maximum Gasteiger partial charge on any atom is 0.203 e. The minimum atomic E-state index is 0.258. The number of unbranched alkanes of at least 4 members (excludes halogenated alkanes) is 1. The zero-order chi connectivity index (χ0) is 18.1. The second-order valence-corrected chi connectivity index (χ2v) is 5.98. The number of hydrogen-bond acceptors (Lipinski definition) is 4. The van der Waals surface area contributed by atoms with Gasteiger partial charge < -0.3 is 19.3 Å². The number of aliphatic hydroxyl groups is 1. The number of methoxy groups -OCH3 is 3. The number of aliphatic hydroxyl groups excluding tert-OH is 1. The van der Waals surface area contributed by atoms with Gasteiger partial charge in [-0.3, -0.25) is 0 Å². The highest BCUT2D eigenvalue weighted by Gasteiger charge is 2.13. The van der Waals surface area contributed by atoms with Crippen molar-refractivity contribution in [3.05, 3.63) is 53.1 Å². The van der Waals surface area contributed by atoms with Crippen molar-refractivity contribution >= 4 is 0 Å². The molecule has 0 aliphatic carbocycles. The molecule has 0 saturated carbocycles. The number of hydrogen-bond donors (Lipinski definition) is 1. The summed E-state index contributed by atoms with van der Waals surface area (Å²) in [7, 11) is 4.89. The van der Waals surface area contributed by atoms with Gasteiger partial charge in [-0.15, -0.1) is 0 Å². The first kappa shape index (κ1) is 19.1. The minimum Gasteiger partial charge on any atom is -0.493 e. The molecule has 0 aromatic heterocycles. The van der Waals surface area contributed by atoms with Gasteiger partial charge in [0, 0.05) is 6.61 Å². The lowest BCUT2D eigenvalue weighted by Gasteiger charge is -2.15. The molecule has 2 aromatic rings. The lowest BCUT2D eigenvalue weighted by Crippen LogP contribution is -2.00. The molecule has 136 valence electrons. The summed E-state index contributed by atoms with van der Waals surface area (Å²) >= 11 is 0. The molecule has 0 aliphatic heterocycles. The molecule has 1 N–H and O–H groups in total. The summed E-state index contributed by atoms with van der Waals surface area (Å²) < 4.78 is 16.2. The van der Waals surface area contributed by atoms with Crippen LogP contribution in [0, 0.1) is 0 Å². The highest BCUT2D eigenvalue weighted by Crippen LogP contribution is 2.38. The predicted molar refractivity (Wildman–Crippen MR) is 100.0 cm³/mol. The maximum absolute atomic E-state index is 8.97. The molecule has 0 radical (unpaired) electrons. The predicted octanol–water partition coefficient (Wildman–Crippen LogP) is 3.81. The Morgan fingerprint density at radius 1 is 0.760 bits per heavy atom. The van der Waals surface area contributed by atoms with Crippen molar-refractivity contribution in [2.75, 3.05) is 27.9 Å². The average molecular weight is 344 g/mol. The van der Waals surface area contributed by atoms with E-state index in [2.05, 4.69) is 24.3 Å². The molecular weight excluding hydrogens is 316 g/mol. The summed E-state index contributed by atoms with van der Waals surface area (Å²) in [6.45, 7) is 0.258. The van der Waals surface area contributed by atoms with Crippen LogP contribution in [-0.2, 0) is 19.3 Å². The summed E-state index contributed by atoms with van der Waals surface area (Å²) in [6, 6.07) is 12.6. The molecule has 0 atom stereocenters. The molecule has 25 heavy (non-hydrogen) atoms. The fraction of sp³-hybridized carbons (Fsp3) is 0.429. The summed E-state index contributed by atoms with van der Waals surface area (Å²) in [5.74, 6) is 2.00. The Hall–Kier alpha value is -2.20. The molecule has 0 spiro atoms. The summed E-state index contributed by atoms with van der Waals surface area (Å²) in [6.07, 6.45) is 4.71. The van der Waals surface area contributed by atoms with E-state index in [9.17, 15) is 0 Å². The van der Waals surface area contributed by atoms with Gasteiger partial charge in [0.1, 0.15) is 0 Å². The van der Waals surface area contributed by atoms with Gasteiger partial charge in [0.25, 0.3) is 0 Å². The zero-order valence-electron chi connectivity index (χ0n) is 15.4. The Morgan fingerprint density at radius 3 is 1.88 bits per heavy atom. The van der Waals surface area contributed by atoms with Crippen molar-refractivity contribution in [1.82, 2.24) is 0 Å². The molecule has 0 bridgehead atoms. The molecule has 2 rings (SSSR count). The largest absolute Gasteiger partial charge is 0.493 e. The van der Waals surface area contributed by atoms with E-state index >= 15 is 0 Å². The molecule has 4 nitrogen and oxygen atoms in total. The molecule has 0 aliphatic rings. The van der Waals surface area contributed by atoms with Crippen molar-refractivity contribution in [2.24, 2.45) is 0 Å². The molecule has 0 fully saturated rings. The van der Waals surface area contributed by atoms with Crippen molar-refractivity contribution in [2.45, 2.75) is 32.1 Å². The van der Waals surface area contributed by atoms with Gasteiger partial charge in [-0.2, -0.15) is 0 Å². The molecule has 2 aromatic carbocycles. The highest BCUT2D eigenvalue weighted by atomic mass is 16.5. The Kier molecular flexibility index (Phi) is 7.61. The number of ether oxygens (including phenoxy) is 3. The van der Waals surface area contributed by atoms with Crippen LogP contribution in [0.4, 0.5) is 0 Å². The number of benzene rings is 2. The average Bonchev–Trinajstić information content (AvgIpc) is 2.66. The lowest BCUT2D eigenvalue weighted by atomic mass is 9.96. The molecule has 0 heterocycles. The van der Waals surface area contributed by atoms with Crippen molar-refractivity contribution in [1.29, 1.82) is 0 Å². The van der Waals surface area contributed by atoms with E-state index in [0.717, 1.165) is 37.7 Å². The maximum atomic E-state index is 8.97. The summed E-state index contributed by atoms with van der Waals surface area (Å²) in [5.41, 5.74) is 3.87. The van der Waals surface area contributed by atoms with Crippen LogP contribution >= 0.6 is 0 Å². The monoisotopic (exact) mass is 344 g/mol. The second-order valence-electron chi connectivity index (χ2n) is 5.98. The lowest BCUT2D eigenvalue weighted by molar-refractivity contribution is 0.284. The second kappa shape index (κ2) is 9.94. The summed E-state index contributed by atoms with van der Waals surface area (Å²) in [4.78, 5) is 0. The number of rotatable bonds is 10. The topological polar surface area (TPSA) is 47.9 Å². The SMILES string of the molecule is COc1cc(CCc2ccccc2CCCCO)cc(OC)c1OC. The van der Waals surface area contributed by atoms with Crippen molar-refractivity contribution in [3.63, 3.8) is 0 Å². The van der Waals surface area contributed by atoms with Crippen molar-refractivity contribution in [3.8, 4) is 17.2 Å². The van der Waals surface area contributed by atoms with Gasteiger partial charge in [0.05, 0.1) is 21.3 Å². The van der Waals surface area contributed by atoms with Gasteiger partial charge in [-0.05, 0) is 60.9 Å². The number of aryl methyl sites for hydroxylation is 3. The molecule has 4 heteroatoms. The highest BCUT2D eigenvalue weighted by molar-refractivity contribution is 5.54. The van der Waals surface area contributed by atoms with Crippen LogP contribution in [0.1, 0.15) is 29.5 Å². The Morgan fingerprint density at radius 2 is 1.36 bits per heavy atom. The fourth-order valence-electron chi connectivity index (χ4n) is 3.03. The minimum absolute atomic E-state index is 0.258. The zero-order valence-corrected chi connectivity index (χ0v) is 15.4. The molecule has 0 amide bonds. The van der Waals surface area contributed by atoms with E-state index < -0.39 is 0 Å². The van der Waals surface area contributed by atoms with E-state index in [-0.39, 0.29) is 6.61 Å². The quantitative estimate of drug-likeness (QED) is 0.666. The van der Waals surface area contributed by atoms with Crippen LogP contribution in [0.5, 0.6) is 17.2 Å². The normalized spacial score (nSPS) is 10.6. The standard InChI is InChI=1S/C21H28O4/c1-23-19-14-16(15-20(24-2)21(19)25-3)11-12-18-9-5-4-8-17(18)10-6-7-13-22/h4-5,8-9,14-15,22H,6-7,10-13H2,1-3H3. The van der Waals surface area contributed by atoms with Crippen LogP contribution in [0.3, 0.4) is 0 Å². The van der Waals surface area contributed by atoms with Gasteiger partial charge in [-0.1, -0.05) is 24.3 Å². The molecular formula is C21H28O4. The Labute approximate surface area is 150 Å². The van der Waals surface area contributed by atoms with Gasteiger partial charge >= 0.3 is 0 Å². The van der Waals surface area contributed by atoms with Gasteiger partial charge in [-0.25, -0.2) is 0 Å². The van der Waals surface area contributed by atoms with Crippen LogP contribution in [0.15, 0.2) is 36.4 Å². The fourth-order valence-corrected chi connectivity index (χ4v) is 3.03. The van der Waals surface area contributed by atoms with Crippen LogP contribution < -0.4 is 14.2 Å². The van der Waals surface area contributed by atoms with Gasteiger partial charge in [0.15, 0.2) is 11.5 Å². The van der Waals surface area contributed by atoms with Crippen LogP contribution in [0.25, 0.3) is 0 Å². The van der Waals surface area contributed by atoms with Crippen LogP contribution in [0.2, 0.25) is 0 Å².